The molecule has 3 N–H and O–H groups in total. The predicted octanol–water partition coefficient (Wildman–Crippen LogP) is 0.750. The lowest BCUT2D eigenvalue weighted by molar-refractivity contribution is -0.291. The van der Waals surface area contributed by atoms with Crippen molar-refractivity contribution >= 4 is 0 Å². The van der Waals surface area contributed by atoms with E-state index in [2.05, 4.69) is 6.92 Å². The van der Waals surface area contributed by atoms with Gasteiger partial charge in [-0.15, -0.1) is 0 Å². The maximum absolute atomic E-state index is 13.4. The lowest BCUT2D eigenvalue weighted by Crippen LogP contribution is -2.57. The van der Waals surface area contributed by atoms with Gasteiger partial charge in [-0.1, -0.05) is 32.6 Å². The van der Waals surface area contributed by atoms with Gasteiger partial charge in [0.2, 0.25) is 0 Å². The Morgan fingerprint density at radius 3 is 2.42 bits per heavy atom. The summed E-state index contributed by atoms with van der Waals surface area (Å²) in [6.45, 7) is 1.96. The molecule has 5 nitrogen and oxygen atoms in total. The highest BCUT2D eigenvalue weighted by molar-refractivity contribution is 4.89. The largest absolute Gasteiger partial charge is 0.394 e. The number of hydrogen-bond donors (Lipinski definition) is 3. The van der Waals surface area contributed by atoms with Crippen molar-refractivity contribution in [3.05, 3.63) is 0 Å². The van der Waals surface area contributed by atoms with Gasteiger partial charge in [-0.05, 0) is 6.42 Å². The number of aliphatic hydroxyl groups excluding tert-OH is 3. The Kier molecular flexibility index (Phi) is 7.78. The van der Waals surface area contributed by atoms with Crippen LogP contribution in [0.4, 0.5) is 4.39 Å². The zero-order chi connectivity index (χ0) is 14.3. The number of unbranched alkanes of at least 4 members (excludes halogenated alkanes) is 4. The molecule has 1 heterocycles. The molecule has 0 spiro atoms. The third-order valence-corrected chi connectivity index (χ3v) is 3.33. The first kappa shape index (κ1) is 16.8. The average Bonchev–Trinajstić information content (AvgIpc) is 2.42. The van der Waals surface area contributed by atoms with E-state index in [1.54, 1.807) is 0 Å². The number of ether oxygens (including phenoxy) is 2. The minimum Gasteiger partial charge on any atom is -0.394 e. The highest BCUT2D eigenvalue weighted by Crippen LogP contribution is 2.24. The monoisotopic (exact) mass is 280 g/mol. The maximum Gasteiger partial charge on any atom is 0.186 e. The van der Waals surface area contributed by atoms with Gasteiger partial charge in [0.25, 0.3) is 0 Å². The van der Waals surface area contributed by atoms with Crippen LogP contribution < -0.4 is 0 Å². The lowest BCUT2D eigenvalue weighted by atomic mass is 10.0. The fourth-order valence-corrected chi connectivity index (χ4v) is 2.08. The Morgan fingerprint density at radius 2 is 1.79 bits per heavy atom. The molecule has 0 amide bonds. The third kappa shape index (κ3) is 4.96. The molecule has 1 saturated heterocycles. The Balaban J connectivity index is 2.28. The summed E-state index contributed by atoms with van der Waals surface area (Å²) < 4.78 is 23.9. The van der Waals surface area contributed by atoms with E-state index >= 15 is 0 Å². The van der Waals surface area contributed by atoms with Gasteiger partial charge in [-0.3, -0.25) is 0 Å². The smallest absolute Gasteiger partial charge is 0.186 e. The quantitative estimate of drug-likeness (QED) is 0.572. The molecule has 0 aromatic carbocycles. The lowest BCUT2D eigenvalue weighted by Gasteiger charge is -2.38. The first-order valence-electron chi connectivity index (χ1n) is 7.00. The molecule has 0 aromatic rings. The number of halogens is 1. The molecule has 0 radical (unpaired) electrons. The Hall–Kier alpha value is -0.270. The summed E-state index contributed by atoms with van der Waals surface area (Å²) in [5.74, 6) is 0. The molecule has 0 unspecified atom stereocenters. The van der Waals surface area contributed by atoms with E-state index in [0.717, 1.165) is 25.7 Å². The van der Waals surface area contributed by atoms with Crippen molar-refractivity contribution in [1.29, 1.82) is 0 Å². The van der Waals surface area contributed by atoms with Gasteiger partial charge in [0.1, 0.15) is 18.3 Å². The zero-order valence-electron chi connectivity index (χ0n) is 11.4. The van der Waals surface area contributed by atoms with E-state index in [0.29, 0.717) is 6.61 Å². The SMILES string of the molecule is CCCCCCCO[C@H]1O[C@H](CO)[C@@H](F)[C@H](O)[C@@H]1O. The molecule has 19 heavy (non-hydrogen) atoms. The summed E-state index contributed by atoms with van der Waals surface area (Å²) in [5, 5.41) is 28.1. The third-order valence-electron chi connectivity index (χ3n) is 3.33. The van der Waals surface area contributed by atoms with Gasteiger partial charge in [-0.2, -0.15) is 0 Å². The van der Waals surface area contributed by atoms with Crippen LogP contribution in [0, 0.1) is 0 Å². The molecule has 6 heteroatoms. The first-order valence-corrected chi connectivity index (χ1v) is 7.00. The molecule has 5 atom stereocenters. The molecular weight excluding hydrogens is 255 g/mol. The molecule has 1 aliphatic heterocycles. The molecule has 0 aromatic heterocycles. The van der Waals surface area contributed by atoms with Crippen LogP contribution in [-0.2, 0) is 9.47 Å². The van der Waals surface area contributed by atoms with Crippen LogP contribution in [0.2, 0.25) is 0 Å². The second-order valence-corrected chi connectivity index (χ2v) is 4.94. The van der Waals surface area contributed by atoms with Crippen molar-refractivity contribution in [3.8, 4) is 0 Å². The number of hydrogen-bond acceptors (Lipinski definition) is 5. The van der Waals surface area contributed by atoms with Crippen LogP contribution in [0.15, 0.2) is 0 Å². The summed E-state index contributed by atoms with van der Waals surface area (Å²) in [5.41, 5.74) is 0. The Labute approximate surface area is 113 Å². The van der Waals surface area contributed by atoms with Crippen molar-refractivity contribution in [3.63, 3.8) is 0 Å². The summed E-state index contributed by atoms with van der Waals surface area (Å²) in [4.78, 5) is 0. The zero-order valence-corrected chi connectivity index (χ0v) is 11.4. The van der Waals surface area contributed by atoms with E-state index in [1.807, 2.05) is 0 Å². The van der Waals surface area contributed by atoms with Gasteiger partial charge in [0, 0.05) is 6.61 Å². The molecule has 1 aliphatic rings. The highest BCUT2D eigenvalue weighted by atomic mass is 19.1. The van der Waals surface area contributed by atoms with Crippen molar-refractivity contribution in [2.45, 2.75) is 69.8 Å². The summed E-state index contributed by atoms with van der Waals surface area (Å²) in [6.07, 6.45) is -1.73. The maximum atomic E-state index is 13.4. The van der Waals surface area contributed by atoms with Crippen molar-refractivity contribution in [2.75, 3.05) is 13.2 Å². The minimum atomic E-state index is -1.80. The van der Waals surface area contributed by atoms with Crippen LogP contribution >= 0.6 is 0 Å². The van der Waals surface area contributed by atoms with Gasteiger partial charge >= 0.3 is 0 Å². The van der Waals surface area contributed by atoms with Crippen LogP contribution in [0.1, 0.15) is 39.0 Å². The number of rotatable bonds is 8. The summed E-state index contributed by atoms with van der Waals surface area (Å²) >= 11 is 0. The topological polar surface area (TPSA) is 79.2 Å². The molecular formula is C13H25FO5. The highest BCUT2D eigenvalue weighted by Gasteiger charge is 2.45. The first-order chi connectivity index (χ1) is 9.11. The number of alkyl halides is 1. The predicted molar refractivity (Wildman–Crippen MR) is 67.4 cm³/mol. The fraction of sp³-hybridized carbons (Fsp3) is 1.00. The van der Waals surface area contributed by atoms with Crippen LogP contribution in [0.5, 0.6) is 0 Å². The Morgan fingerprint density at radius 1 is 1.11 bits per heavy atom. The normalized spacial score (nSPS) is 35.5. The van der Waals surface area contributed by atoms with Crippen LogP contribution in [-0.4, -0.2) is 59.3 Å². The van der Waals surface area contributed by atoms with Gasteiger partial charge in [-0.25, -0.2) is 4.39 Å². The Bertz CT molecular complexity index is 239. The van der Waals surface area contributed by atoms with Crippen molar-refractivity contribution in [2.24, 2.45) is 0 Å². The van der Waals surface area contributed by atoms with Crippen LogP contribution in [0.25, 0.3) is 0 Å². The van der Waals surface area contributed by atoms with Crippen molar-refractivity contribution < 1.29 is 29.2 Å². The molecule has 1 fully saturated rings. The van der Waals surface area contributed by atoms with E-state index in [9.17, 15) is 14.6 Å². The molecule has 0 saturated carbocycles. The van der Waals surface area contributed by atoms with Gasteiger partial charge in [0.05, 0.1) is 6.61 Å². The standard InChI is InChI=1S/C13H25FO5/c1-2-3-4-5-6-7-18-13-12(17)11(16)10(14)9(8-15)19-13/h9-13,15-17H,2-8H2,1H3/t9-,10-,11+,12+,13+/m1/s1. The van der Waals surface area contributed by atoms with Crippen molar-refractivity contribution in [1.82, 2.24) is 0 Å². The van der Waals surface area contributed by atoms with E-state index in [-0.39, 0.29) is 0 Å². The van der Waals surface area contributed by atoms with E-state index in [4.69, 9.17) is 14.6 Å². The molecule has 114 valence electrons. The molecule has 1 rings (SSSR count). The second kappa shape index (κ2) is 8.81. The summed E-state index contributed by atoms with van der Waals surface area (Å²) in [7, 11) is 0. The minimum absolute atomic E-state index is 0.382. The number of aliphatic hydroxyl groups is 3. The average molecular weight is 280 g/mol. The molecule has 0 bridgehead atoms. The fourth-order valence-electron chi connectivity index (χ4n) is 2.08. The van der Waals surface area contributed by atoms with E-state index < -0.39 is 37.4 Å². The summed E-state index contributed by atoms with van der Waals surface area (Å²) in [6, 6.07) is 0. The van der Waals surface area contributed by atoms with E-state index in [1.165, 1.54) is 6.42 Å². The van der Waals surface area contributed by atoms with Crippen LogP contribution in [0.3, 0.4) is 0 Å². The van der Waals surface area contributed by atoms with Gasteiger partial charge < -0.3 is 24.8 Å². The molecule has 0 aliphatic carbocycles. The van der Waals surface area contributed by atoms with Gasteiger partial charge in [0.15, 0.2) is 12.5 Å². The second-order valence-electron chi connectivity index (χ2n) is 4.94.